The number of ether oxygens (including phenoxy) is 1. The van der Waals surface area contributed by atoms with Crippen LogP contribution in [0.25, 0.3) is 11.1 Å². The molecule has 0 bridgehead atoms. The highest BCUT2D eigenvalue weighted by molar-refractivity contribution is 7.15. The maximum atomic E-state index is 12.1. The van der Waals surface area contributed by atoms with Crippen LogP contribution in [-0.2, 0) is 4.74 Å². The van der Waals surface area contributed by atoms with Crippen LogP contribution in [0.5, 0.6) is 0 Å². The third kappa shape index (κ3) is 2.68. The first-order valence-corrected chi connectivity index (χ1v) is 6.97. The maximum Gasteiger partial charge on any atom is 0.342 e. The van der Waals surface area contributed by atoms with Gasteiger partial charge in [-0.15, -0.1) is 17.8 Å². The van der Waals surface area contributed by atoms with Crippen LogP contribution >= 0.6 is 11.3 Å². The molecule has 4 heteroatoms. The van der Waals surface area contributed by atoms with Crippen LogP contribution in [0.2, 0.25) is 0 Å². The molecule has 0 aliphatic heterocycles. The van der Waals surface area contributed by atoms with Gasteiger partial charge in [-0.25, -0.2) is 4.79 Å². The fraction of sp³-hybridized carbons (Fsp3) is 0.188. The Morgan fingerprint density at radius 2 is 2.15 bits per heavy atom. The molecule has 0 saturated carbocycles. The highest BCUT2D eigenvalue weighted by Gasteiger charge is 2.20. The number of terminal acetylenes is 1. The van der Waals surface area contributed by atoms with E-state index in [9.17, 15) is 4.79 Å². The second kappa shape index (κ2) is 5.81. The lowest BCUT2D eigenvalue weighted by molar-refractivity contribution is 0.0559. The molecule has 0 radical (unpaired) electrons. The molecule has 0 fully saturated rings. The number of aryl methyl sites for hydroxylation is 2. The molecule has 1 heterocycles. The summed E-state index contributed by atoms with van der Waals surface area (Å²) in [7, 11) is 0. The predicted octanol–water partition coefficient (Wildman–Crippen LogP) is 3.40. The molecule has 0 spiro atoms. The van der Waals surface area contributed by atoms with Crippen molar-refractivity contribution in [2.45, 2.75) is 13.8 Å². The van der Waals surface area contributed by atoms with Crippen molar-refractivity contribution in [3.05, 3.63) is 40.3 Å². The van der Waals surface area contributed by atoms with E-state index in [1.165, 1.54) is 16.9 Å². The molecular weight excluding hydrogens is 270 g/mol. The summed E-state index contributed by atoms with van der Waals surface area (Å²) in [6.45, 7) is 3.98. The van der Waals surface area contributed by atoms with Crippen molar-refractivity contribution in [3.63, 3.8) is 0 Å². The monoisotopic (exact) mass is 285 g/mol. The summed E-state index contributed by atoms with van der Waals surface area (Å²) in [4.78, 5) is 12.1. The number of thiophene rings is 1. The minimum atomic E-state index is -0.475. The van der Waals surface area contributed by atoms with E-state index in [0.717, 1.165) is 16.7 Å². The standard InChI is InChI=1S/C16H15NO2S/c1-4-7-19-16(18)14-13(9-20-15(14)17)12-6-5-10(2)8-11(12)3/h1,5-6,8-9H,7,17H2,2-3H3. The minimum Gasteiger partial charge on any atom is -0.449 e. The molecule has 102 valence electrons. The lowest BCUT2D eigenvalue weighted by Crippen LogP contribution is -2.08. The van der Waals surface area contributed by atoms with Crippen LogP contribution in [0.4, 0.5) is 5.00 Å². The first-order chi connectivity index (χ1) is 9.54. The smallest absolute Gasteiger partial charge is 0.342 e. The Kier molecular flexibility index (Phi) is 4.11. The van der Waals surface area contributed by atoms with Crippen molar-refractivity contribution < 1.29 is 9.53 Å². The number of hydrogen-bond donors (Lipinski definition) is 1. The predicted molar refractivity (Wildman–Crippen MR) is 82.8 cm³/mol. The molecule has 2 rings (SSSR count). The topological polar surface area (TPSA) is 52.3 Å². The summed E-state index contributed by atoms with van der Waals surface area (Å²) in [5.74, 6) is 1.80. The minimum absolute atomic E-state index is 0.0551. The Bertz CT molecular complexity index is 695. The van der Waals surface area contributed by atoms with E-state index in [4.69, 9.17) is 16.9 Å². The van der Waals surface area contributed by atoms with Gasteiger partial charge in [-0.2, -0.15) is 0 Å². The van der Waals surface area contributed by atoms with Crippen LogP contribution in [0, 0.1) is 26.2 Å². The van der Waals surface area contributed by atoms with Crippen LogP contribution in [0.1, 0.15) is 21.5 Å². The van der Waals surface area contributed by atoms with Gasteiger partial charge in [0.1, 0.15) is 10.6 Å². The molecule has 0 unspecified atom stereocenters. The lowest BCUT2D eigenvalue weighted by Gasteiger charge is -2.08. The largest absolute Gasteiger partial charge is 0.449 e. The van der Waals surface area contributed by atoms with E-state index in [-0.39, 0.29) is 6.61 Å². The zero-order valence-electron chi connectivity index (χ0n) is 11.4. The van der Waals surface area contributed by atoms with E-state index < -0.39 is 5.97 Å². The molecule has 2 N–H and O–H groups in total. The number of hydrogen-bond acceptors (Lipinski definition) is 4. The molecule has 0 aliphatic rings. The summed E-state index contributed by atoms with van der Waals surface area (Å²) in [6, 6.07) is 6.07. The lowest BCUT2D eigenvalue weighted by atomic mass is 9.98. The van der Waals surface area contributed by atoms with Gasteiger partial charge in [0, 0.05) is 10.9 Å². The summed E-state index contributed by atoms with van der Waals surface area (Å²) >= 11 is 1.33. The van der Waals surface area contributed by atoms with Gasteiger partial charge in [-0.3, -0.25) is 0 Å². The normalized spacial score (nSPS) is 10.1. The summed E-state index contributed by atoms with van der Waals surface area (Å²) in [5.41, 5.74) is 10.3. The Balaban J connectivity index is 2.48. The Morgan fingerprint density at radius 1 is 1.40 bits per heavy atom. The van der Waals surface area contributed by atoms with Crippen LogP contribution < -0.4 is 5.73 Å². The fourth-order valence-corrected chi connectivity index (χ4v) is 2.88. The van der Waals surface area contributed by atoms with Crippen molar-refractivity contribution in [3.8, 4) is 23.5 Å². The highest BCUT2D eigenvalue weighted by atomic mass is 32.1. The number of nitrogens with two attached hydrogens (primary N) is 1. The Hall–Kier alpha value is -2.25. The van der Waals surface area contributed by atoms with E-state index in [1.54, 1.807) is 0 Å². The molecule has 0 saturated heterocycles. The van der Waals surface area contributed by atoms with E-state index in [0.29, 0.717) is 10.6 Å². The second-order valence-electron chi connectivity index (χ2n) is 4.49. The second-order valence-corrected chi connectivity index (χ2v) is 5.40. The fourth-order valence-electron chi connectivity index (χ4n) is 2.08. The van der Waals surface area contributed by atoms with Gasteiger partial charge >= 0.3 is 5.97 Å². The molecule has 0 amide bonds. The first-order valence-electron chi connectivity index (χ1n) is 6.09. The maximum absolute atomic E-state index is 12.1. The highest BCUT2D eigenvalue weighted by Crippen LogP contribution is 2.36. The van der Waals surface area contributed by atoms with Crippen molar-refractivity contribution in [1.29, 1.82) is 0 Å². The van der Waals surface area contributed by atoms with Crippen molar-refractivity contribution >= 4 is 22.3 Å². The van der Waals surface area contributed by atoms with Gasteiger partial charge in [-0.1, -0.05) is 29.7 Å². The number of benzene rings is 1. The Morgan fingerprint density at radius 3 is 2.80 bits per heavy atom. The zero-order chi connectivity index (χ0) is 14.7. The van der Waals surface area contributed by atoms with Crippen molar-refractivity contribution in [2.24, 2.45) is 0 Å². The summed E-state index contributed by atoms with van der Waals surface area (Å²) in [6.07, 6.45) is 5.10. The van der Waals surface area contributed by atoms with E-state index >= 15 is 0 Å². The number of anilines is 1. The SMILES string of the molecule is C#CCOC(=O)c1c(-c2ccc(C)cc2C)csc1N. The van der Waals surface area contributed by atoms with E-state index in [1.807, 2.05) is 31.4 Å². The van der Waals surface area contributed by atoms with E-state index in [2.05, 4.69) is 12.0 Å². The average Bonchev–Trinajstić information content (AvgIpc) is 2.78. The zero-order valence-corrected chi connectivity index (χ0v) is 12.2. The quantitative estimate of drug-likeness (QED) is 0.694. The molecule has 0 atom stereocenters. The molecular formula is C16H15NO2S. The van der Waals surface area contributed by atoms with Crippen LogP contribution in [-0.4, -0.2) is 12.6 Å². The molecule has 20 heavy (non-hydrogen) atoms. The van der Waals surface area contributed by atoms with Crippen LogP contribution in [0.3, 0.4) is 0 Å². The summed E-state index contributed by atoms with van der Waals surface area (Å²) < 4.78 is 4.99. The number of esters is 1. The molecule has 1 aromatic heterocycles. The third-order valence-corrected chi connectivity index (χ3v) is 3.79. The average molecular weight is 285 g/mol. The number of carbonyl (C=O) groups excluding carboxylic acids is 1. The van der Waals surface area contributed by atoms with Gasteiger partial charge in [0.15, 0.2) is 6.61 Å². The van der Waals surface area contributed by atoms with Crippen molar-refractivity contribution in [1.82, 2.24) is 0 Å². The van der Waals surface area contributed by atoms with Crippen LogP contribution in [0.15, 0.2) is 23.6 Å². The van der Waals surface area contributed by atoms with Gasteiger partial charge < -0.3 is 10.5 Å². The molecule has 2 aromatic rings. The molecule has 3 nitrogen and oxygen atoms in total. The molecule has 0 aliphatic carbocycles. The molecule has 1 aromatic carbocycles. The number of nitrogen functional groups attached to an aromatic ring is 1. The van der Waals surface area contributed by atoms with Gasteiger partial charge in [0.2, 0.25) is 0 Å². The van der Waals surface area contributed by atoms with Gasteiger partial charge in [0.25, 0.3) is 0 Å². The van der Waals surface area contributed by atoms with Gasteiger partial charge in [0.05, 0.1) is 0 Å². The van der Waals surface area contributed by atoms with Gasteiger partial charge in [-0.05, 0) is 25.0 Å². The Labute approximate surface area is 122 Å². The number of rotatable bonds is 3. The first kappa shape index (κ1) is 14.2. The summed E-state index contributed by atoms with van der Waals surface area (Å²) in [5, 5.41) is 2.32. The number of carbonyl (C=O) groups is 1. The third-order valence-electron chi connectivity index (χ3n) is 2.98. The van der Waals surface area contributed by atoms with Crippen molar-refractivity contribution in [2.75, 3.05) is 12.3 Å².